The van der Waals surface area contributed by atoms with Gasteiger partial charge in [0.15, 0.2) is 0 Å². The Hall–Kier alpha value is -3.09. The van der Waals surface area contributed by atoms with E-state index in [1.165, 1.54) is 18.7 Å². The predicted octanol–water partition coefficient (Wildman–Crippen LogP) is -0.658. The van der Waals surface area contributed by atoms with Crippen LogP contribution in [0.2, 0.25) is 0 Å². The number of nitrogens with one attached hydrogen (secondary N) is 4. The molecule has 0 aliphatic carbocycles. The van der Waals surface area contributed by atoms with Crippen LogP contribution in [0.25, 0.3) is 10.9 Å². The maximum Gasteiger partial charge on any atom is 0.325 e. The molecular formula is C22H31N5O6S. The molecule has 11 nitrogen and oxygen atoms in total. The van der Waals surface area contributed by atoms with E-state index in [0.717, 1.165) is 16.5 Å². The van der Waals surface area contributed by atoms with E-state index in [1.807, 2.05) is 30.5 Å². The van der Waals surface area contributed by atoms with Crippen LogP contribution in [0.4, 0.5) is 0 Å². The lowest BCUT2D eigenvalue weighted by atomic mass is 10.0. The van der Waals surface area contributed by atoms with Crippen LogP contribution in [-0.2, 0) is 25.6 Å². The van der Waals surface area contributed by atoms with Crippen molar-refractivity contribution >= 4 is 46.4 Å². The Morgan fingerprint density at radius 2 is 1.71 bits per heavy atom. The molecule has 0 saturated heterocycles. The van der Waals surface area contributed by atoms with Gasteiger partial charge < -0.3 is 36.9 Å². The van der Waals surface area contributed by atoms with E-state index in [9.17, 15) is 24.3 Å². The second-order valence-corrected chi connectivity index (χ2v) is 8.81. The maximum atomic E-state index is 12.8. The first-order valence-electron chi connectivity index (χ1n) is 10.7. The molecule has 0 saturated carbocycles. The largest absolute Gasteiger partial charge is 0.480 e. The lowest BCUT2D eigenvalue weighted by molar-refractivity contribution is -0.141. The number of nitrogens with two attached hydrogens (primary N) is 1. The Morgan fingerprint density at radius 3 is 2.35 bits per heavy atom. The minimum Gasteiger partial charge on any atom is -0.480 e. The Labute approximate surface area is 201 Å². The number of benzene rings is 1. The van der Waals surface area contributed by atoms with Crippen molar-refractivity contribution in [2.24, 2.45) is 5.73 Å². The molecule has 1 heterocycles. The number of rotatable bonds is 13. The van der Waals surface area contributed by atoms with E-state index in [2.05, 4.69) is 20.9 Å². The first kappa shape index (κ1) is 27.2. The number of H-pyrrole nitrogens is 1. The third-order valence-corrected chi connectivity index (χ3v) is 5.89. The minimum absolute atomic E-state index is 0.0489. The normalized spacial score (nSPS) is 14.6. The molecule has 0 radical (unpaired) electrons. The number of carbonyl (C=O) groups excluding carboxylic acids is 3. The number of aliphatic hydroxyl groups excluding tert-OH is 1. The summed E-state index contributed by atoms with van der Waals surface area (Å²) in [5, 5.41) is 26.9. The zero-order chi connectivity index (χ0) is 25.3. The molecule has 8 N–H and O–H groups in total. The highest BCUT2D eigenvalue weighted by molar-refractivity contribution is 7.98. The van der Waals surface area contributed by atoms with Gasteiger partial charge in [-0.25, -0.2) is 0 Å². The molecule has 0 fully saturated rings. The van der Waals surface area contributed by atoms with Crippen LogP contribution in [0.1, 0.15) is 18.9 Å². The Bertz CT molecular complexity index is 1010. The first-order chi connectivity index (χ1) is 16.2. The van der Waals surface area contributed by atoms with Gasteiger partial charge in [-0.05, 0) is 37.0 Å². The number of carbonyl (C=O) groups is 4. The Morgan fingerprint density at radius 1 is 1.06 bits per heavy atom. The second-order valence-electron chi connectivity index (χ2n) is 7.83. The maximum absolute atomic E-state index is 12.8. The van der Waals surface area contributed by atoms with Gasteiger partial charge in [-0.1, -0.05) is 18.2 Å². The number of thioether (sulfide) groups is 1. The van der Waals surface area contributed by atoms with Crippen LogP contribution in [-0.4, -0.2) is 81.7 Å². The molecule has 3 amide bonds. The molecule has 0 aliphatic heterocycles. The standard InChI is InChI=1S/C22H31N5O6S/c1-12(22(32)33)25-20(30)17(9-13-10-24-16-6-4-3-5-14(13)16)26-21(31)18(11-28)27-19(29)15(23)7-8-34-2/h3-6,10,12,15,17-18,24,28H,7-9,11,23H2,1-2H3,(H,25,30)(H,26,31)(H,27,29)(H,32,33). The van der Waals surface area contributed by atoms with Gasteiger partial charge in [0.25, 0.3) is 0 Å². The highest BCUT2D eigenvalue weighted by atomic mass is 32.2. The summed E-state index contributed by atoms with van der Waals surface area (Å²) in [5.41, 5.74) is 7.38. The molecule has 0 bridgehead atoms. The number of para-hydroxylation sites is 1. The van der Waals surface area contributed by atoms with Crippen molar-refractivity contribution < 1.29 is 29.4 Å². The molecule has 0 spiro atoms. The fraction of sp³-hybridized carbons (Fsp3) is 0.455. The average Bonchev–Trinajstić information content (AvgIpc) is 3.22. The number of aliphatic hydroxyl groups is 1. The SMILES string of the molecule is CSCCC(N)C(=O)NC(CO)C(=O)NC(Cc1c[nH]c2ccccc12)C(=O)NC(C)C(=O)O. The van der Waals surface area contributed by atoms with Crippen LogP contribution in [0, 0.1) is 0 Å². The first-order valence-corrected chi connectivity index (χ1v) is 12.1. The van der Waals surface area contributed by atoms with Crippen LogP contribution >= 0.6 is 11.8 Å². The number of carboxylic acid groups (broad SMARTS) is 1. The summed E-state index contributed by atoms with van der Waals surface area (Å²) in [6, 6.07) is 2.86. The summed E-state index contributed by atoms with van der Waals surface area (Å²) < 4.78 is 0. The summed E-state index contributed by atoms with van der Waals surface area (Å²) in [7, 11) is 0. The lowest BCUT2D eigenvalue weighted by Gasteiger charge is -2.23. The van der Waals surface area contributed by atoms with Gasteiger partial charge >= 0.3 is 5.97 Å². The van der Waals surface area contributed by atoms with Crippen LogP contribution in [0.15, 0.2) is 30.5 Å². The summed E-state index contributed by atoms with van der Waals surface area (Å²) >= 11 is 1.52. The van der Waals surface area contributed by atoms with Crippen molar-refractivity contribution in [1.82, 2.24) is 20.9 Å². The van der Waals surface area contributed by atoms with Crippen molar-refractivity contribution in [3.63, 3.8) is 0 Å². The number of hydrogen-bond donors (Lipinski definition) is 7. The van der Waals surface area contributed by atoms with E-state index in [1.54, 1.807) is 6.20 Å². The van der Waals surface area contributed by atoms with Crippen LogP contribution < -0.4 is 21.7 Å². The molecule has 4 unspecified atom stereocenters. The molecule has 1 aromatic carbocycles. The number of hydrogen-bond acceptors (Lipinski definition) is 7. The van der Waals surface area contributed by atoms with E-state index in [-0.39, 0.29) is 6.42 Å². The third-order valence-electron chi connectivity index (χ3n) is 5.25. The van der Waals surface area contributed by atoms with Gasteiger partial charge in [0, 0.05) is 23.5 Å². The van der Waals surface area contributed by atoms with Crippen molar-refractivity contribution in [3.8, 4) is 0 Å². The number of aliphatic carboxylic acids is 1. The van der Waals surface area contributed by atoms with E-state index in [0.29, 0.717) is 12.2 Å². The molecule has 12 heteroatoms. The summed E-state index contributed by atoms with van der Waals surface area (Å²) in [6.45, 7) is 0.595. The van der Waals surface area contributed by atoms with Gasteiger partial charge in [-0.2, -0.15) is 11.8 Å². The third kappa shape index (κ3) is 7.47. The summed E-state index contributed by atoms with van der Waals surface area (Å²) in [6.07, 6.45) is 4.02. The molecule has 34 heavy (non-hydrogen) atoms. The molecular weight excluding hydrogens is 462 g/mol. The monoisotopic (exact) mass is 493 g/mol. The molecule has 186 valence electrons. The molecule has 2 rings (SSSR count). The van der Waals surface area contributed by atoms with Crippen molar-refractivity contribution in [3.05, 3.63) is 36.0 Å². The highest BCUT2D eigenvalue weighted by Crippen LogP contribution is 2.19. The lowest BCUT2D eigenvalue weighted by Crippen LogP contribution is -2.58. The van der Waals surface area contributed by atoms with Crippen molar-refractivity contribution in [2.75, 3.05) is 18.6 Å². The molecule has 1 aromatic heterocycles. The van der Waals surface area contributed by atoms with E-state index >= 15 is 0 Å². The van der Waals surface area contributed by atoms with Crippen LogP contribution in [0.5, 0.6) is 0 Å². The number of carboxylic acids is 1. The quantitative estimate of drug-likeness (QED) is 0.192. The second kappa shape index (κ2) is 13.0. The molecule has 2 aromatic rings. The molecule has 4 atom stereocenters. The highest BCUT2D eigenvalue weighted by Gasteiger charge is 2.29. The summed E-state index contributed by atoms with van der Waals surface area (Å²) in [4.78, 5) is 52.2. The number of aromatic amines is 1. The van der Waals surface area contributed by atoms with Crippen LogP contribution in [0.3, 0.4) is 0 Å². The molecule has 0 aliphatic rings. The fourth-order valence-electron chi connectivity index (χ4n) is 3.23. The van der Waals surface area contributed by atoms with Gasteiger partial charge in [0.1, 0.15) is 18.1 Å². The van der Waals surface area contributed by atoms with E-state index < -0.39 is 54.5 Å². The number of amides is 3. The average molecular weight is 494 g/mol. The number of aromatic nitrogens is 1. The predicted molar refractivity (Wildman–Crippen MR) is 129 cm³/mol. The topological polar surface area (TPSA) is 187 Å². The van der Waals surface area contributed by atoms with E-state index in [4.69, 9.17) is 10.8 Å². The van der Waals surface area contributed by atoms with Gasteiger partial charge in [-0.3, -0.25) is 19.2 Å². The fourth-order valence-corrected chi connectivity index (χ4v) is 3.72. The van der Waals surface area contributed by atoms with Gasteiger partial charge in [0.2, 0.25) is 17.7 Å². The van der Waals surface area contributed by atoms with Crippen molar-refractivity contribution in [2.45, 2.75) is 43.9 Å². The minimum atomic E-state index is -1.33. The van der Waals surface area contributed by atoms with Gasteiger partial charge in [-0.15, -0.1) is 0 Å². The smallest absolute Gasteiger partial charge is 0.325 e. The summed E-state index contributed by atoms with van der Waals surface area (Å²) in [5.74, 6) is -2.69. The zero-order valence-electron chi connectivity index (χ0n) is 19.0. The Balaban J connectivity index is 2.18. The van der Waals surface area contributed by atoms with Gasteiger partial charge in [0.05, 0.1) is 12.6 Å². The zero-order valence-corrected chi connectivity index (χ0v) is 19.9. The Kier molecular flexibility index (Phi) is 10.4. The van der Waals surface area contributed by atoms with Crippen molar-refractivity contribution in [1.29, 1.82) is 0 Å². The number of fused-ring (bicyclic) bond motifs is 1.